The SMILES string of the molecule is NCSCCC1CCC(Nc2cc(-c3cccc(SC(=O)F)c3)n[nH]cccn2)C1. The lowest BCUT2D eigenvalue weighted by molar-refractivity contribution is 0.245. The van der Waals surface area contributed by atoms with E-state index >= 15 is 0 Å². The number of aromatic nitrogens is 3. The van der Waals surface area contributed by atoms with Crippen LogP contribution >= 0.6 is 23.5 Å². The maximum absolute atomic E-state index is 12.8. The Morgan fingerprint density at radius 1 is 1.30 bits per heavy atom. The van der Waals surface area contributed by atoms with E-state index in [1.807, 2.05) is 12.1 Å². The van der Waals surface area contributed by atoms with Crippen LogP contribution in [0.1, 0.15) is 25.7 Å². The first-order valence-electron chi connectivity index (χ1n) is 9.90. The average Bonchev–Trinajstić information content (AvgIpc) is 3.20. The maximum atomic E-state index is 12.8. The third-order valence-electron chi connectivity index (χ3n) is 4.94. The lowest BCUT2D eigenvalue weighted by Crippen LogP contribution is -2.16. The molecule has 2 unspecified atom stereocenters. The number of anilines is 1. The Balaban J connectivity index is 1.78. The van der Waals surface area contributed by atoms with E-state index in [0.717, 1.165) is 30.0 Å². The summed E-state index contributed by atoms with van der Waals surface area (Å²) < 4.78 is 12.8. The molecule has 160 valence electrons. The molecule has 1 heterocycles. The number of nitrogens with one attached hydrogen (secondary N) is 2. The lowest BCUT2D eigenvalue weighted by atomic mass is 10.1. The normalized spacial score (nSPS) is 18.1. The number of aromatic amines is 1. The molecule has 1 aliphatic carbocycles. The predicted molar refractivity (Wildman–Crippen MR) is 123 cm³/mol. The number of hydrogen-bond donors (Lipinski definition) is 3. The first-order chi connectivity index (χ1) is 14.6. The summed E-state index contributed by atoms with van der Waals surface area (Å²) in [5, 5.41) is 9.39. The molecule has 0 amide bonds. The van der Waals surface area contributed by atoms with Crippen molar-refractivity contribution in [3.63, 3.8) is 0 Å². The molecular formula is C21H26FN5OS2. The highest BCUT2D eigenvalue weighted by atomic mass is 32.2. The van der Waals surface area contributed by atoms with Crippen LogP contribution in [0.2, 0.25) is 0 Å². The Bertz CT molecular complexity index is 893. The predicted octanol–water partition coefficient (Wildman–Crippen LogP) is 5.40. The number of rotatable bonds is 8. The molecule has 0 spiro atoms. The van der Waals surface area contributed by atoms with E-state index in [2.05, 4.69) is 20.5 Å². The van der Waals surface area contributed by atoms with E-state index in [0.29, 0.717) is 40.2 Å². The van der Waals surface area contributed by atoms with Crippen molar-refractivity contribution in [1.29, 1.82) is 0 Å². The molecule has 9 heteroatoms. The summed E-state index contributed by atoms with van der Waals surface area (Å²) in [7, 11) is 0. The quantitative estimate of drug-likeness (QED) is 0.216. The molecular weight excluding hydrogens is 421 g/mol. The van der Waals surface area contributed by atoms with Crippen LogP contribution in [0.4, 0.5) is 15.0 Å². The molecule has 1 fully saturated rings. The van der Waals surface area contributed by atoms with E-state index in [1.54, 1.807) is 48.4 Å². The fraction of sp³-hybridized carbons (Fsp3) is 0.381. The Kier molecular flexibility index (Phi) is 8.98. The van der Waals surface area contributed by atoms with Crippen molar-refractivity contribution in [1.82, 2.24) is 15.2 Å². The van der Waals surface area contributed by atoms with Gasteiger partial charge in [-0.25, -0.2) is 9.78 Å². The van der Waals surface area contributed by atoms with Crippen molar-refractivity contribution in [2.75, 3.05) is 16.9 Å². The van der Waals surface area contributed by atoms with Crippen LogP contribution in [-0.2, 0) is 0 Å². The molecule has 4 N–H and O–H groups in total. The number of halogens is 1. The van der Waals surface area contributed by atoms with Gasteiger partial charge >= 0.3 is 5.37 Å². The van der Waals surface area contributed by atoms with E-state index in [1.165, 1.54) is 12.8 Å². The number of thioether (sulfide) groups is 2. The van der Waals surface area contributed by atoms with E-state index in [9.17, 15) is 9.18 Å². The summed E-state index contributed by atoms with van der Waals surface area (Å²) in [4.78, 5) is 15.9. The van der Waals surface area contributed by atoms with Gasteiger partial charge in [-0.15, -0.1) is 11.8 Å². The minimum absolute atomic E-state index is 0.367. The summed E-state index contributed by atoms with van der Waals surface area (Å²) in [5.74, 6) is 3.23. The first-order valence-corrected chi connectivity index (χ1v) is 11.9. The summed E-state index contributed by atoms with van der Waals surface area (Å²) in [5.41, 5.74) is 6.98. The van der Waals surface area contributed by atoms with Gasteiger partial charge < -0.3 is 11.1 Å². The standard InChI is InChI=1S/C21H26FN5OS2/c22-21(28)30-18-4-1-3-16(12-18)19-13-20(24-8-2-9-25-27-19)26-17-6-5-15(11-17)7-10-29-14-23/h1-4,8-9,12-13,15,17,25-26H,5-7,10-11,14,23H2. The Labute approximate surface area is 184 Å². The van der Waals surface area contributed by atoms with Gasteiger partial charge in [0, 0.05) is 40.8 Å². The highest BCUT2D eigenvalue weighted by Gasteiger charge is 2.24. The second-order valence-electron chi connectivity index (χ2n) is 7.04. The molecule has 1 aliphatic rings. The zero-order valence-electron chi connectivity index (χ0n) is 16.6. The minimum Gasteiger partial charge on any atom is -0.367 e. The number of nitrogens with two attached hydrogens (primary N) is 1. The molecule has 30 heavy (non-hydrogen) atoms. The minimum atomic E-state index is -1.44. The third-order valence-corrected chi connectivity index (χ3v) is 6.35. The van der Waals surface area contributed by atoms with Gasteiger partial charge in [0.25, 0.3) is 0 Å². The molecule has 1 aromatic heterocycles. The van der Waals surface area contributed by atoms with Crippen molar-refractivity contribution in [2.24, 2.45) is 11.7 Å². The van der Waals surface area contributed by atoms with Gasteiger partial charge in [-0.1, -0.05) is 12.1 Å². The highest BCUT2D eigenvalue weighted by molar-refractivity contribution is 8.13. The first kappa shape index (κ1) is 22.6. The Hall–Kier alpha value is -2.10. The molecule has 1 aromatic carbocycles. The van der Waals surface area contributed by atoms with Crippen molar-refractivity contribution in [3.05, 3.63) is 48.8 Å². The molecule has 0 aliphatic heterocycles. The molecule has 2 aromatic rings. The highest BCUT2D eigenvalue weighted by Crippen LogP contribution is 2.31. The summed E-state index contributed by atoms with van der Waals surface area (Å²) in [6.45, 7) is 0. The van der Waals surface area contributed by atoms with Crippen LogP contribution < -0.4 is 11.1 Å². The van der Waals surface area contributed by atoms with Gasteiger partial charge in [-0.05, 0) is 67.3 Å². The fourth-order valence-corrected chi connectivity index (χ4v) is 4.75. The molecule has 3 rings (SSSR count). The zero-order chi connectivity index (χ0) is 21.2. The van der Waals surface area contributed by atoms with Crippen LogP contribution in [0.15, 0.2) is 53.7 Å². The number of nitrogens with zero attached hydrogens (tertiary/aromatic N) is 2. The Morgan fingerprint density at radius 2 is 2.20 bits per heavy atom. The largest absolute Gasteiger partial charge is 0.367 e. The van der Waals surface area contributed by atoms with E-state index in [-0.39, 0.29) is 0 Å². The third kappa shape index (κ3) is 7.30. The lowest BCUT2D eigenvalue weighted by Gasteiger charge is -2.13. The molecule has 0 bridgehead atoms. The molecule has 2 atom stereocenters. The van der Waals surface area contributed by atoms with Gasteiger partial charge in [0.05, 0.1) is 5.69 Å². The van der Waals surface area contributed by atoms with Crippen LogP contribution in [-0.4, -0.2) is 38.2 Å². The number of carbonyl (C=O) groups excluding carboxylic acids is 1. The number of benzene rings is 1. The van der Waals surface area contributed by atoms with Crippen LogP contribution in [0.3, 0.4) is 0 Å². The van der Waals surface area contributed by atoms with Crippen molar-refractivity contribution < 1.29 is 9.18 Å². The second-order valence-corrected chi connectivity index (χ2v) is 9.19. The van der Waals surface area contributed by atoms with Crippen LogP contribution in [0.25, 0.3) is 11.3 Å². The number of H-pyrrole nitrogens is 1. The average molecular weight is 448 g/mol. The van der Waals surface area contributed by atoms with Crippen molar-refractivity contribution in [3.8, 4) is 11.3 Å². The van der Waals surface area contributed by atoms with E-state index in [4.69, 9.17) is 5.73 Å². The molecule has 0 radical (unpaired) electrons. The topological polar surface area (TPSA) is 96.7 Å². The van der Waals surface area contributed by atoms with Gasteiger partial charge in [0.2, 0.25) is 0 Å². The Morgan fingerprint density at radius 3 is 3.03 bits per heavy atom. The number of carbonyl (C=O) groups is 1. The molecule has 1 saturated carbocycles. The monoisotopic (exact) mass is 447 g/mol. The van der Waals surface area contributed by atoms with Gasteiger partial charge in [0.15, 0.2) is 0 Å². The smallest absolute Gasteiger partial charge is 0.364 e. The van der Waals surface area contributed by atoms with Crippen LogP contribution in [0.5, 0.6) is 0 Å². The van der Waals surface area contributed by atoms with Crippen molar-refractivity contribution >= 4 is 34.7 Å². The fourth-order valence-electron chi connectivity index (χ4n) is 3.56. The van der Waals surface area contributed by atoms with E-state index < -0.39 is 5.37 Å². The summed E-state index contributed by atoms with van der Waals surface area (Å²) in [6.07, 6.45) is 8.02. The van der Waals surface area contributed by atoms with Gasteiger partial charge in [0.1, 0.15) is 5.82 Å². The summed E-state index contributed by atoms with van der Waals surface area (Å²) in [6, 6.07) is 11.1. The van der Waals surface area contributed by atoms with Gasteiger partial charge in [-0.3, -0.25) is 5.10 Å². The number of hydrogen-bond acceptors (Lipinski definition) is 7. The summed E-state index contributed by atoms with van der Waals surface area (Å²) >= 11 is 2.34. The van der Waals surface area contributed by atoms with Crippen molar-refractivity contribution in [2.45, 2.75) is 36.6 Å². The maximum Gasteiger partial charge on any atom is 0.364 e. The zero-order valence-corrected chi connectivity index (χ0v) is 18.2. The van der Waals surface area contributed by atoms with Gasteiger partial charge in [-0.2, -0.15) is 9.49 Å². The van der Waals surface area contributed by atoms with Crippen LogP contribution in [0, 0.1) is 5.92 Å². The molecule has 0 saturated heterocycles. The molecule has 6 nitrogen and oxygen atoms in total. The second kappa shape index (κ2) is 11.9.